The van der Waals surface area contributed by atoms with Crippen LogP contribution >= 0.6 is 0 Å². The van der Waals surface area contributed by atoms with Gasteiger partial charge in [-0.25, -0.2) is 4.39 Å². The van der Waals surface area contributed by atoms with Crippen molar-refractivity contribution in [1.29, 1.82) is 0 Å². The van der Waals surface area contributed by atoms with Crippen LogP contribution in [0.4, 0.5) is 21.5 Å². The van der Waals surface area contributed by atoms with Crippen LogP contribution in [0.3, 0.4) is 0 Å². The highest BCUT2D eigenvalue weighted by atomic mass is 19.1. The summed E-state index contributed by atoms with van der Waals surface area (Å²) in [7, 11) is 1.56. The van der Waals surface area contributed by atoms with Gasteiger partial charge in [0.15, 0.2) is 0 Å². The first-order chi connectivity index (χ1) is 12.2. The van der Waals surface area contributed by atoms with E-state index in [-0.39, 0.29) is 11.7 Å². The third-order valence-electron chi connectivity index (χ3n) is 3.48. The van der Waals surface area contributed by atoms with Crippen LogP contribution in [0.15, 0.2) is 67.0 Å². The summed E-state index contributed by atoms with van der Waals surface area (Å²) < 4.78 is 18.8. The third-order valence-corrected chi connectivity index (χ3v) is 3.48. The Morgan fingerprint density at radius 2 is 1.88 bits per heavy atom. The lowest BCUT2D eigenvalue weighted by Crippen LogP contribution is -2.12. The van der Waals surface area contributed by atoms with Gasteiger partial charge in [0.25, 0.3) is 5.91 Å². The molecular weight excluding hydrogens is 321 g/mol. The molecule has 5 nitrogen and oxygen atoms in total. The van der Waals surface area contributed by atoms with Crippen LogP contribution in [-0.2, 0) is 0 Å². The zero-order chi connectivity index (χ0) is 17.6. The molecule has 0 radical (unpaired) electrons. The summed E-state index contributed by atoms with van der Waals surface area (Å²) >= 11 is 0. The molecule has 0 aliphatic heterocycles. The topological polar surface area (TPSA) is 63.2 Å². The number of anilines is 3. The second kappa shape index (κ2) is 7.44. The summed E-state index contributed by atoms with van der Waals surface area (Å²) in [4.78, 5) is 16.4. The van der Waals surface area contributed by atoms with Crippen LogP contribution in [0.2, 0.25) is 0 Å². The number of hydrogen-bond donors (Lipinski definition) is 2. The van der Waals surface area contributed by atoms with E-state index >= 15 is 0 Å². The monoisotopic (exact) mass is 337 g/mol. The van der Waals surface area contributed by atoms with Crippen molar-refractivity contribution in [2.45, 2.75) is 0 Å². The summed E-state index contributed by atoms with van der Waals surface area (Å²) in [6.45, 7) is 0. The molecule has 25 heavy (non-hydrogen) atoms. The van der Waals surface area contributed by atoms with E-state index in [4.69, 9.17) is 4.74 Å². The van der Waals surface area contributed by atoms with Crippen molar-refractivity contribution >= 4 is 23.0 Å². The number of carbonyl (C=O) groups is 1. The second-order valence-electron chi connectivity index (χ2n) is 5.25. The van der Waals surface area contributed by atoms with Gasteiger partial charge in [0, 0.05) is 18.0 Å². The zero-order valence-electron chi connectivity index (χ0n) is 13.5. The Labute approximate surface area is 144 Å². The fourth-order valence-corrected chi connectivity index (χ4v) is 2.25. The van der Waals surface area contributed by atoms with Crippen molar-refractivity contribution < 1.29 is 13.9 Å². The number of amides is 1. The van der Waals surface area contributed by atoms with Crippen molar-refractivity contribution in [2.24, 2.45) is 0 Å². The summed E-state index contributed by atoms with van der Waals surface area (Å²) in [6, 6.07) is 14.9. The smallest absolute Gasteiger partial charge is 0.257 e. The fourth-order valence-electron chi connectivity index (χ4n) is 2.25. The molecule has 0 spiro atoms. The SMILES string of the molecule is COc1cccc(NC(=O)c2cncc(Nc3ccccc3F)c2)c1. The number of halogens is 1. The predicted molar refractivity (Wildman–Crippen MR) is 94.9 cm³/mol. The number of nitrogens with one attached hydrogen (secondary N) is 2. The molecule has 0 aliphatic carbocycles. The van der Waals surface area contributed by atoms with Crippen LogP contribution in [0.5, 0.6) is 5.75 Å². The molecule has 3 aromatic rings. The van der Waals surface area contributed by atoms with Gasteiger partial charge in [0.2, 0.25) is 0 Å². The van der Waals surface area contributed by atoms with Gasteiger partial charge in [-0.2, -0.15) is 0 Å². The van der Waals surface area contributed by atoms with Gasteiger partial charge in [-0.3, -0.25) is 9.78 Å². The maximum Gasteiger partial charge on any atom is 0.257 e. The number of nitrogens with zero attached hydrogens (tertiary/aromatic N) is 1. The predicted octanol–water partition coefficient (Wildman–Crippen LogP) is 4.23. The normalized spacial score (nSPS) is 10.2. The van der Waals surface area contributed by atoms with Gasteiger partial charge < -0.3 is 15.4 Å². The first-order valence-electron chi connectivity index (χ1n) is 7.58. The molecule has 6 heteroatoms. The van der Waals surface area contributed by atoms with Crippen LogP contribution < -0.4 is 15.4 Å². The number of benzene rings is 2. The van der Waals surface area contributed by atoms with Crippen molar-refractivity contribution in [1.82, 2.24) is 4.98 Å². The van der Waals surface area contributed by atoms with Gasteiger partial charge in [0.05, 0.1) is 30.2 Å². The molecule has 1 aromatic heterocycles. The van der Waals surface area contributed by atoms with Crippen molar-refractivity contribution in [3.63, 3.8) is 0 Å². The molecule has 0 saturated carbocycles. The molecule has 0 bridgehead atoms. The standard InChI is InChI=1S/C19H16FN3O2/c1-25-16-6-4-5-14(10-16)23-19(24)13-9-15(12-21-11-13)22-18-8-3-2-7-17(18)20/h2-12,22H,1H3,(H,23,24). The van der Waals surface area contributed by atoms with Crippen molar-refractivity contribution in [2.75, 3.05) is 17.7 Å². The van der Waals surface area contributed by atoms with Gasteiger partial charge in [-0.1, -0.05) is 18.2 Å². The first kappa shape index (κ1) is 16.4. The van der Waals surface area contributed by atoms with Crippen LogP contribution in [0, 0.1) is 5.82 Å². The van der Waals surface area contributed by atoms with Crippen molar-refractivity contribution in [3.05, 3.63) is 78.4 Å². The number of hydrogen-bond acceptors (Lipinski definition) is 4. The Morgan fingerprint density at radius 1 is 1.04 bits per heavy atom. The second-order valence-corrected chi connectivity index (χ2v) is 5.25. The maximum absolute atomic E-state index is 13.7. The molecule has 126 valence electrons. The third kappa shape index (κ3) is 4.11. The minimum Gasteiger partial charge on any atom is -0.497 e. The number of methoxy groups -OCH3 is 1. The summed E-state index contributed by atoms with van der Waals surface area (Å²) in [5, 5.41) is 5.69. The first-order valence-corrected chi connectivity index (χ1v) is 7.58. The molecular formula is C19H16FN3O2. The van der Waals surface area contributed by atoms with E-state index in [1.165, 1.54) is 18.5 Å². The van der Waals surface area contributed by atoms with Gasteiger partial charge in [-0.15, -0.1) is 0 Å². The van der Waals surface area contributed by atoms with E-state index in [2.05, 4.69) is 15.6 Å². The van der Waals surface area contributed by atoms with Gasteiger partial charge in [-0.05, 0) is 30.3 Å². The Balaban J connectivity index is 1.76. The number of rotatable bonds is 5. The number of carbonyl (C=O) groups excluding carboxylic acids is 1. The molecule has 2 N–H and O–H groups in total. The van der Waals surface area contributed by atoms with Crippen LogP contribution in [-0.4, -0.2) is 18.0 Å². The van der Waals surface area contributed by atoms with Crippen molar-refractivity contribution in [3.8, 4) is 5.75 Å². The Morgan fingerprint density at radius 3 is 2.68 bits per heavy atom. The van der Waals surface area contributed by atoms with E-state index in [1.807, 2.05) is 0 Å². The Bertz CT molecular complexity index is 899. The molecule has 0 saturated heterocycles. The molecule has 1 amide bonds. The number of ether oxygens (including phenoxy) is 1. The number of para-hydroxylation sites is 1. The Kier molecular flexibility index (Phi) is 4.89. The largest absolute Gasteiger partial charge is 0.497 e. The molecule has 0 fully saturated rings. The summed E-state index contributed by atoms with van der Waals surface area (Å²) in [5.41, 5.74) is 1.79. The zero-order valence-corrected chi connectivity index (χ0v) is 13.5. The lowest BCUT2D eigenvalue weighted by Gasteiger charge is -2.10. The minimum absolute atomic E-state index is 0.314. The quantitative estimate of drug-likeness (QED) is 0.731. The summed E-state index contributed by atoms with van der Waals surface area (Å²) in [6.07, 6.45) is 2.97. The molecule has 2 aromatic carbocycles. The van der Waals surface area contributed by atoms with Gasteiger partial charge in [0.1, 0.15) is 11.6 Å². The highest BCUT2D eigenvalue weighted by Crippen LogP contribution is 2.21. The Hall–Kier alpha value is -3.41. The van der Waals surface area contributed by atoms with E-state index in [9.17, 15) is 9.18 Å². The highest BCUT2D eigenvalue weighted by Gasteiger charge is 2.09. The molecule has 0 aliphatic rings. The number of pyridine rings is 1. The fraction of sp³-hybridized carbons (Fsp3) is 0.0526. The van der Waals surface area contributed by atoms with Crippen LogP contribution in [0.1, 0.15) is 10.4 Å². The average molecular weight is 337 g/mol. The van der Waals surface area contributed by atoms with E-state index in [1.54, 1.807) is 55.6 Å². The maximum atomic E-state index is 13.7. The van der Waals surface area contributed by atoms with E-state index in [0.29, 0.717) is 28.4 Å². The molecule has 1 heterocycles. The molecule has 0 atom stereocenters. The summed E-state index contributed by atoms with van der Waals surface area (Å²) in [5.74, 6) is -0.0578. The van der Waals surface area contributed by atoms with Crippen LogP contribution in [0.25, 0.3) is 0 Å². The molecule has 3 rings (SSSR count). The highest BCUT2D eigenvalue weighted by molar-refractivity contribution is 6.04. The average Bonchev–Trinajstić information content (AvgIpc) is 2.64. The lowest BCUT2D eigenvalue weighted by atomic mass is 10.2. The van der Waals surface area contributed by atoms with E-state index in [0.717, 1.165) is 0 Å². The lowest BCUT2D eigenvalue weighted by molar-refractivity contribution is 0.102. The van der Waals surface area contributed by atoms with E-state index < -0.39 is 0 Å². The minimum atomic E-state index is -0.381. The molecule has 0 unspecified atom stereocenters. The van der Waals surface area contributed by atoms with Gasteiger partial charge >= 0.3 is 0 Å². The number of aromatic nitrogens is 1.